The molecule has 1 N–H and O–H groups in total. The van der Waals surface area contributed by atoms with Crippen LogP contribution in [0.4, 0.5) is 0 Å². The minimum atomic E-state index is -3.53. The first-order chi connectivity index (χ1) is 9.04. The van der Waals surface area contributed by atoms with Crippen LogP contribution in [-0.2, 0) is 15.6 Å². The smallest absolute Gasteiger partial charge is 0.202 e. The summed E-state index contributed by atoms with van der Waals surface area (Å²) in [4.78, 5) is 8.02. The number of aromatic amines is 1. The molecule has 3 rings (SSSR count). The molecule has 1 saturated carbocycles. The normalized spacial score (nSPS) is 15.6. The van der Waals surface area contributed by atoms with Crippen LogP contribution in [0, 0.1) is 0 Å². The van der Waals surface area contributed by atoms with Crippen molar-refractivity contribution in [3.05, 3.63) is 35.0 Å². The molecule has 0 radical (unpaired) electrons. The van der Waals surface area contributed by atoms with Crippen molar-refractivity contribution in [2.75, 3.05) is 0 Å². The van der Waals surface area contributed by atoms with Crippen molar-refractivity contribution in [3.63, 3.8) is 0 Å². The first-order valence-electron chi connectivity index (χ1n) is 5.80. The summed E-state index contributed by atoms with van der Waals surface area (Å²) < 4.78 is 24.2. The molecule has 0 aliphatic heterocycles. The Morgan fingerprint density at radius 2 is 2.16 bits per heavy atom. The average molecular weight is 299 g/mol. The minimum Gasteiger partial charge on any atom is -0.262 e. The van der Waals surface area contributed by atoms with Gasteiger partial charge in [0.05, 0.1) is 5.02 Å². The number of rotatable bonds is 4. The zero-order valence-electron chi connectivity index (χ0n) is 9.88. The molecule has 0 amide bonds. The molecule has 2 heterocycles. The monoisotopic (exact) mass is 298 g/mol. The first-order valence-corrected chi connectivity index (χ1v) is 7.83. The van der Waals surface area contributed by atoms with Gasteiger partial charge in [-0.2, -0.15) is 5.10 Å². The molecular weight excluding hydrogens is 288 g/mol. The predicted molar refractivity (Wildman–Crippen MR) is 68.5 cm³/mol. The molecule has 100 valence electrons. The lowest BCUT2D eigenvalue weighted by atomic mass is 10.4. The van der Waals surface area contributed by atoms with Gasteiger partial charge in [-0.25, -0.2) is 18.4 Å². The summed E-state index contributed by atoms with van der Waals surface area (Å²) in [5, 5.41) is 7.08. The van der Waals surface area contributed by atoms with Crippen LogP contribution in [0.5, 0.6) is 0 Å². The van der Waals surface area contributed by atoms with E-state index in [1.165, 1.54) is 18.3 Å². The number of hydrogen-bond acceptors (Lipinski definition) is 5. The Hall–Kier alpha value is -1.47. The van der Waals surface area contributed by atoms with Gasteiger partial charge in [0, 0.05) is 12.1 Å². The van der Waals surface area contributed by atoms with E-state index in [1.807, 2.05) is 0 Å². The molecule has 19 heavy (non-hydrogen) atoms. The molecular formula is C11H11ClN4O2S. The standard InChI is InChI=1S/C11H11ClN4O2S/c12-8-3-4-10(13-5-8)19(17,18)6-9-14-11(16-15-9)7-1-2-7/h3-5,7H,1-2,6H2,(H,14,15,16). The highest BCUT2D eigenvalue weighted by Gasteiger charge is 2.28. The summed E-state index contributed by atoms with van der Waals surface area (Å²) in [7, 11) is -3.53. The zero-order valence-corrected chi connectivity index (χ0v) is 11.4. The fourth-order valence-corrected chi connectivity index (χ4v) is 2.94. The minimum absolute atomic E-state index is 0.0127. The Morgan fingerprint density at radius 3 is 2.79 bits per heavy atom. The number of halogens is 1. The summed E-state index contributed by atoms with van der Waals surface area (Å²) >= 11 is 5.68. The van der Waals surface area contributed by atoms with Crippen LogP contribution in [0.15, 0.2) is 23.4 Å². The van der Waals surface area contributed by atoms with Crippen molar-refractivity contribution in [2.45, 2.75) is 29.5 Å². The van der Waals surface area contributed by atoms with Crippen LogP contribution in [-0.4, -0.2) is 28.6 Å². The van der Waals surface area contributed by atoms with Crippen molar-refractivity contribution < 1.29 is 8.42 Å². The number of pyridine rings is 1. The lowest BCUT2D eigenvalue weighted by molar-refractivity contribution is 0.590. The van der Waals surface area contributed by atoms with Crippen molar-refractivity contribution in [3.8, 4) is 0 Å². The number of nitrogens with zero attached hydrogens (tertiary/aromatic N) is 3. The SMILES string of the molecule is O=S(=O)(Cc1nc(C2CC2)n[nH]1)c1ccc(Cl)cn1. The number of sulfone groups is 1. The van der Waals surface area contributed by atoms with Gasteiger partial charge >= 0.3 is 0 Å². The van der Waals surface area contributed by atoms with Gasteiger partial charge in [-0.3, -0.25) is 5.10 Å². The lowest BCUT2D eigenvalue weighted by Gasteiger charge is -2.00. The first kappa shape index (κ1) is 12.6. The Balaban J connectivity index is 1.81. The fraction of sp³-hybridized carbons (Fsp3) is 0.364. The van der Waals surface area contributed by atoms with Gasteiger partial charge in [0.1, 0.15) is 11.6 Å². The van der Waals surface area contributed by atoms with E-state index in [0.29, 0.717) is 22.6 Å². The van der Waals surface area contributed by atoms with Gasteiger partial charge < -0.3 is 0 Å². The van der Waals surface area contributed by atoms with Crippen molar-refractivity contribution in [2.24, 2.45) is 0 Å². The Labute approximate surface area is 115 Å². The Kier molecular flexibility index (Phi) is 3.02. The van der Waals surface area contributed by atoms with E-state index in [4.69, 9.17) is 11.6 Å². The topological polar surface area (TPSA) is 88.6 Å². The van der Waals surface area contributed by atoms with Crippen molar-refractivity contribution in [1.82, 2.24) is 20.2 Å². The van der Waals surface area contributed by atoms with E-state index in [2.05, 4.69) is 20.2 Å². The highest BCUT2D eigenvalue weighted by Crippen LogP contribution is 2.37. The molecule has 1 aliphatic carbocycles. The van der Waals surface area contributed by atoms with Crippen LogP contribution in [0.3, 0.4) is 0 Å². The second-order valence-electron chi connectivity index (χ2n) is 4.49. The third-order valence-corrected chi connectivity index (χ3v) is 4.59. The maximum Gasteiger partial charge on any atom is 0.202 e. The molecule has 0 aromatic carbocycles. The summed E-state index contributed by atoms with van der Waals surface area (Å²) in [6, 6.07) is 2.88. The summed E-state index contributed by atoms with van der Waals surface area (Å²) in [5.41, 5.74) is 0. The zero-order chi connectivity index (χ0) is 13.5. The van der Waals surface area contributed by atoms with Crippen LogP contribution in [0.25, 0.3) is 0 Å². The van der Waals surface area contributed by atoms with Crippen molar-refractivity contribution in [1.29, 1.82) is 0 Å². The third-order valence-electron chi connectivity index (χ3n) is 2.84. The van der Waals surface area contributed by atoms with Crippen LogP contribution >= 0.6 is 11.6 Å². The van der Waals surface area contributed by atoms with Crippen molar-refractivity contribution >= 4 is 21.4 Å². The van der Waals surface area contributed by atoms with E-state index in [-0.39, 0.29) is 10.8 Å². The molecule has 0 atom stereocenters. The number of nitrogens with one attached hydrogen (secondary N) is 1. The lowest BCUT2D eigenvalue weighted by Crippen LogP contribution is -2.08. The maximum atomic E-state index is 12.1. The number of aromatic nitrogens is 4. The third kappa shape index (κ3) is 2.76. The summed E-state index contributed by atoms with van der Waals surface area (Å²) in [6.45, 7) is 0. The van der Waals surface area contributed by atoms with E-state index < -0.39 is 9.84 Å². The molecule has 6 nitrogen and oxygen atoms in total. The highest BCUT2D eigenvalue weighted by molar-refractivity contribution is 7.90. The van der Waals surface area contributed by atoms with E-state index in [1.54, 1.807) is 0 Å². The number of hydrogen-bond donors (Lipinski definition) is 1. The fourth-order valence-electron chi connectivity index (χ4n) is 1.70. The number of H-pyrrole nitrogens is 1. The quantitative estimate of drug-likeness (QED) is 0.928. The predicted octanol–water partition coefficient (Wildman–Crippen LogP) is 1.70. The molecule has 0 saturated heterocycles. The van der Waals surface area contributed by atoms with Gasteiger partial charge in [0.15, 0.2) is 10.9 Å². The van der Waals surface area contributed by atoms with E-state index >= 15 is 0 Å². The molecule has 0 spiro atoms. The summed E-state index contributed by atoms with van der Waals surface area (Å²) in [5.74, 6) is 1.20. The van der Waals surface area contributed by atoms with Crippen LogP contribution in [0.2, 0.25) is 5.02 Å². The molecule has 8 heteroatoms. The molecule has 1 fully saturated rings. The maximum absolute atomic E-state index is 12.1. The van der Waals surface area contributed by atoms with Crippen LogP contribution in [0.1, 0.15) is 30.4 Å². The molecule has 0 unspecified atom stereocenters. The van der Waals surface area contributed by atoms with Gasteiger partial charge in [-0.05, 0) is 25.0 Å². The van der Waals surface area contributed by atoms with E-state index in [0.717, 1.165) is 12.8 Å². The van der Waals surface area contributed by atoms with Crippen LogP contribution < -0.4 is 0 Å². The average Bonchev–Trinajstić information content (AvgIpc) is 3.11. The van der Waals surface area contributed by atoms with Gasteiger partial charge in [-0.15, -0.1) is 0 Å². The molecule has 2 aromatic heterocycles. The van der Waals surface area contributed by atoms with Gasteiger partial charge in [-0.1, -0.05) is 11.6 Å². The molecule has 0 bridgehead atoms. The molecule has 1 aliphatic rings. The summed E-state index contributed by atoms with van der Waals surface area (Å²) in [6.07, 6.45) is 3.45. The van der Waals surface area contributed by atoms with E-state index in [9.17, 15) is 8.42 Å². The largest absolute Gasteiger partial charge is 0.262 e. The second kappa shape index (κ2) is 4.57. The molecule has 2 aromatic rings. The Bertz CT molecular complexity index is 692. The Morgan fingerprint density at radius 1 is 1.37 bits per heavy atom. The van der Waals surface area contributed by atoms with Gasteiger partial charge in [0.2, 0.25) is 9.84 Å². The second-order valence-corrected chi connectivity index (χ2v) is 6.86. The van der Waals surface area contributed by atoms with Gasteiger partial charge in [0.25, 0.3) is 0 Å². The highest BCUT2D eigenvalue weighted by atomic mass is 35.5.